The summed E-state index contributed by atoms with van der Waals surface area (Å²) in [5, 5.41) is 11.7. The second-order valence-corrected chi connectivity index (χ2v) is 9.17. The molecule has 0 radical (unpaired) electrons. The molecular weight excluding hydrogens is 444 g/mol. The van der Waals surface area contributed by atoms with Gasteiger partial charge in [0, 0.05) is 24.9 Å². The monoisotopic (exact) mass is 470 g/mol. The summed E-state index contributed by atoms with van der Waals surface area (Å²) in [5.41, 5.74) is 6.18. The maximum absolute atomic E-state index is 13.0. The van der Waals surface area contributed by atoms with Crippen molar-refractivity contribution in [2.24, 2.45) is 5.92 Å². The van der Waals surface area contributed by atoms with Crippen LogP contribution in [-0.4, -0.2) is 47.7 Å². The number of hydrogen-bond donors (Lipinski definition) is 2. The first-order chi connectivity index (χ1) is 16.9. The molecule has 7 nitrogen and oxygen atoms in total. The summed E-state index contributed by atoms with van der Waals surface area (Å²) >= 11 is 0. The molecule has 35 heavy (non-hydrogen) atoms. The van der Waals surface area contributed by atoms with Crippen LogP contribution in [0.15, 0.2) is 66.7 Å². The van der Waals surface area contributed by atoms with E-state index in [1.54, 1.807) is 17.0 Å². The van der Waals surface area contributed by atoms with Gasteiger partial charge in [0.2, 0.25) is 0 Å². The highest BCUT2D eigenvalue weighted by atomic mass is 16.5. The molecule has 3 aromatic carbocycles. The van der Waals surface area contributed by atoms with Crippen LogP contribution in [0, 0.1) is 12.8 Å². The number of anilines is 1. The number of carbonyl (C=O) groups is 3. The molecule has 3 aromatic rings. The Morgan fingerprint density at radius 3 is 2.23 bits per heavy atom. The quantitative estimate of drug-likeness (QED) is 0.534. The average Bonchev–Trinajstić information content (AvgIpc) is 3.14. The number of rotatable bonds is 6. The van der Waals surface area contributed by atoms with E-state index in [9.17, 15) is 14.4 Å². The first-order valence-corrected chi connectivity index (χ1v) is 11.6. The van der Waals surface area contributed by atoms with Gasteiger partial charge in [0.05, 0.1) is 17.7 Å². The molecule has 1 saturated heterocycles. The van der Waals surface area contributed by atoms with Crippen LogP contribution in [0.4, 0.5) is 10.5 Å². The zero-order valence-corrected chi connectivity index (χ0v) is 19.4. The van der Waals surface area contributed by atoms with Crippen LogP contribution < -0.4 is 5.32 Å². The summed E-state index contributed by atoms with van der Waals surface area (Å²) in [4.78, 5) is 38.3. The van der Waals surface area contributed by atoms with Gasteiger partial charge >= 0.3 is 12.1 Å². The zero-order valence-electron chi connectivity index (χ0n) is 19.4. The normalized spacial score (nSPS) is 14.6. The second-order valence-electron chi connectivity index (χ2n) is 9.17. The Bertz CT molecular complexity index is 1270. The molecule has 0 spiro atoms. The SMILES string of the molecule is Cc1ccc(NC(=O)OCC2c3ccccc3-c3ccccc32)c(C(=O)N2CC(CC(=O)O)C2)c1. The van der Waals surface area contributed by atoms with Crippen molar-refractivity contribution in [3.8, 4) is 11.1 Å². The van der Waals surface area contributed by atoms with Gasteiger partial charge in [-0.3, -0.25) is 14.9 Å². The summed E-state index contributed by atoms with van der Waals surface area (Å²) in [6, 6.07) is 21.5. The molecule has 7 heteroatoms. The van der Waals surface area contributed by atoms with Crippen LogP contribution >= 0.6 is 0 Å². The van der Waals surface area contributed by atoms with Crippen molar-refractivity contribution in [2.75, 3.05) is 25.0 Å². The van der Waals surface area contributed by atoms with Gasteiger partial charge < -0.3 is 14.7 Å². The van der Waals surface area contributed by atoms with E-state index in [4.69, 9.17) is 9.84 Å². The van der Waals surface area contributed by atoms with Crippen LogP contribution in [0.5, 0.6) is 0 Å². The van der Waals surface area contributed by atoms with Crippen LogP contribution in [0.25, 0.3) is 11.1 Å². The van der Waals surface area contributed by atoms with E-state index in [-0.39, 0.29) is 30.8 Å². The number of nitrogens with one attached hydrogen (secondary N) is 1. The Kier molecular flexibility index (Phi) is 5.99. The summed E-state index contributed by atoms with van der Waals surface area (Å²) in [7, 11) is 0. The standard InChI is InChI=1S/C28H26N2O5/c1-17-10-11-25(23(12-17)27(33)30-14-18(15-30)13-26(31)32)29-28(34)35-16-24-21-8-4-2-6-19(21)20-7-3-5-9-22(20)24/h2-12,18,24H,13-16H2,1H3,(H,29,34)(H,31,32). The molecule has 0 saturated carbocycles. The maximum atomic E-state index is 13.0. The fourth-order valence-electron chi connectivity index (χ4n) is 4.97. The van der Waals surface area contributed by atoms with Crippen molar-refractivity contribution in [1.29, 1.82) is 0 Å². The van der Waals surface area contributed by atoms with E-state index in [1.807, 2.05) is 37.3 Å². The van der Waals surface area contributed by atoms with E-state index in [0.717, 1.165) is 27.8 Å². The molecule has 0 bridgehead atoms. The molecule has 1 aliphatic heterocycles. The molecule has 2 N–H and O–H groups in total. The van der Waals surface area contributed by atoms with Crippen LogP contribution in [-0.2, 0) is 9.53 Å². The summed E-state index contributed by atoms with van der Waals surface area (Å²) < 4.78 is 5.63. The number of nitrogens with zero attached hydrogens (tertiary/aromatic N) is 1. The number of aliphatic carboxylic acids is 1. The minimum Gasteiger partial charge on any atom is -0.481 e. The summed E-state index contributed by atoms with van der Waals surface area (Å²) in [6.45, 7) is 2.84. The summed E-state index contributed by atoms with van der Waals surface area (Å²) in [6.07, 6.45) is -0.584. The molecular formula is C28H26N2O5. The Morgan fingerprint density at radius 2 is 1.60 bits per heavy atom. The topological polar surface area (TPSA) is 95.9 Å². The number of carboxylic acid groups (broad SMARTS) is 1. The fraction of sp³-hybridized carbons (Fsp3) is 0.250. The third kappa shape index (κ3) is 4.49. The predicted molar refractivity (Wildman–Crippen MR) is 132 cm³/mol. The van der Waals surface area contributed by atoms with E-state index in [0.29, 0.717) is 24.3 Å². The van der Waals surface area contributed by atoms with E-state index < -0.39 is 12.1 Å². The highest BCUT2D eigenvalue weighted by Gasteiger charge is 2.34. The lowest BCUT2D eigenvalue weighted by Crippen LogP contribution is -2.50. The largest absolute Gasteiger partial charge is 0.481 e. The number of hydrogen-bond acceptors (Lipinski definition) is 4. The lowest BCUT2D eigenvalue weighted by Gasteiger charge is -2.39. The number of carbonyl (C=O) groups excluding carboxylic acids is 2. The lowest BCUT2D eigenvalue weighted by atomic mass is 9.95. The Balaban J connectivity index is 1.27. The molecule has 178 valence electrons. The van der Waals surface area contributed by atoms with Crippen molar-refractivity contribution >= 4 is 23.7 Å². The first-order valence-electron chi connectivity index (χ1n) is 11.6. The van der Waals surface area contributed by atoms with Gasteiger partial charge in [-0.1, -0.05) is 60.2 Å². The van der Waals surface area contributed by atoms with Gasteiger partial charge in [-0.2, -0.15) is 0 Å². The van der Waals surface area contributed by atoms with Gasteiger partial charge in [-0.15, -0.1) is 0 Å². The molecule has 1 aliphatic carbocycles. The third-order valence-corrected chi connectivity index (χ3v) is 6.69. The Labute approximate surface area is 203 Å². The van der Waals surface area contributed by atoms with Gasteiger partial charge in [0.1, 0.15) is 6.61 Å². The molecule has 2 amide bonds. The number of fused-ring (bicyclic) bond motifs is 3. The van der Waals surface area contributed by atoms with Gasteiger partial charge in [0.15, 0.2) is 0 Å². The van der Waals surface area contributed by atoms with Crippen molar-refractivity contribution < 1.29 is 24.2 Å². The lowest BCUT2D eigenvalue weighted by molar-refractivity contribution is -0.139. The minimum absolute atomic E-state index is 0.0419. The highest BCUT2D eigenvalue weighted by molar-refractivity contribution is 6.03. The number of likely N-dealkylation sites (tertiary alicyclic amines) is 1. The average molecular weight is 471 g/mol. The fourth-order valence-corrected chi connectivity index (χ4v) is 4.97. The number of carboxylic acids is 1. The van der Waals surface area contributed by atoms with E-state index in [2.05, 4.69) is 29.6 Å². The second kappa shape index (κ2) is 9.25. The van der Waals surface area contributed by atoms with Crippen molar-refractivity contribution in [2.45, 2.75) is 19.3 Å². The van der Waals surface area contributed by atoms with Crippen LogP contribution in [0.2, 0.25) is 0 Å². The number of ether oxygens (including phenoxy) is 1. The molecule has 2 aliphatic rings. The van der Waals surface area contributed by atoms with Crippen molar-refractivity contribution in [3.05, 3.63) is 89.0 Å². The Morgan fingerprint density at radius 1 is 0.971 bits per heavy atom. The van der Waals surface area contributed by atoms with E-state index in [1.165, 1.54) is 0 Å². The number of aryl methyl sites for hydroxylation is 1. The molecule has 5 rings (SSSR count). The smallest absolute Gasteiger partial charge is 0.411 e. The Hall–Kier alpha value is -4.13. The van der Waals surface area contributed by atoms with E-state index >= 15 is 0 Å². The molecule has 0 aromatic heterocycles. The van der Waals surface area contributed by atoms with Crippen molar-refractivity contribution in [3.63, 3.8) is 0 Å². The molecule has 1 fully saturated rings. The molecule has 0 atom stereocenters. The number of amides is 2. The summed E-state index contributed by atoms with van der Waals surface area (Å²) in [5.74, 6) is -1.20. The van der Waals surface area contributed by atoms with Gasteiger partial charge in [-0.05, 0) is 41.3 Å². The highest BCUT2D eigenvalue weighted by Crippen LogP contribution is 2.44. The number of benzene rings is 3. The third-order valence-electron chi connectivity index (χ3n) is 6.69. The molecule has 1 heterocycles. The predicted octanol–water partition coefficient (Wildman–Crippen LogP) is 4.90. The molecule has 0 unspecified atom stereocenters. The van der Waals surface area contributed by atoms with Gasteiger partial charge in [-0.25, -0.2) is 4.79 Å². The maximum Gasteiger partial charge on any atom is 0.411 e. The van der Waals surface area contributed by atoms with Gasteiger partial charge in [0.25, 0.3) is 5.91 Å². The van der Waals surface area contributed by atoms with Crippen LogP contribution in [0.1, 0.15) is 39.4 Å². The van der Waals surface area contributed by atoms with Crippen LogP contribution in [0.3, 0.4) is 0 Å². The van der Waals surface area contributed by atoms with Crippen molar-refractivity contribution in [1.82, 2.24) is 4.90 Å². The first kappa shape index (κ1) is 22.7. The zero-order chi connectivity index (χ0) is 24.5. The minimum atomic E-state index is -0.865.